The van der Waals surface area contributed by atoms with Gasteiger partial charge in [-0.1, -0.05) is 36.8 Å². The maximum absolute atomic E-state index is 12.6. The van der Waals surface area contributed by atoms with Crippen molar-refractivity contribution in [3.05, 3.63) is 35.4 Å². The van der Waals surface area contributed by atoms with Crippen molar-refractivity contribution in [2.75, 3.05) is 20.1 Å². The van der Waals surface area contributed by atoms with Crippen LogP contribution in [0.5, 0.6) is 0 Å². The zero-order chi connectivity index (χ0) is 13.9. The average molecular weight is 260 g/mol. The first-order chi connectivity index (χ1) is 9.01. The highest BCUT2D eigenvalue weighted by Crippen LogP contribution is 2.30. The van der Waals surface area contributed by atoms with Crippen LogP contribution in [0.1, 0.15) is 30.9 Å². The third kappa shape index (κ3) is 3.35. The van der Waals surface area contributed by atoms with Crippen molar-refractivity contribution in [1.29, 1.82) is 0 Å². The van der Waals surface area contributed by atoms with Crippen LogP contribution < -0.4 is 5.32 Å². The standard InChI is InChI=1S/C16H24N2O/c1-13-4-6-14(7-5-13)12-18(3)15(19)16(2)8-10-17-11-9-16/h4-7,17H,8-12H2,1-3H3. The molecule has 2 rings (SSSR count). The van der Waals surface area contributed by atoms with Gasteiger partial charge in [0.15, 0.2) is 0 Å². The summed E-state index contributed by atoms with van der Waals surface area (Å²) in [6, 6.07) is 8.40. The predicted molar refractivity (Wildman–Crippen MR) is 77.9 cm³/mol. The molecule has 3 heteroatoms. The molecule has 0 radical (unpaired) electrons. The molecule has 1 N–H and O–H groups in total. The van der Waals surface area contributed by atoms with E-state index in [0.29, 0.717) is 6.54 Å². The Morgan fingerprint density at radius 3 is 2.42 bits per heavy atom. The van der Waals surface area contributed by atoms with Crippen LogP contribution in [-0.4, -0.2) is 30.9 Å². The highest BCUT2D eigenvalue weighted by atomic mass is 16.2. The lowest BCUT2D eigenvalue weighted by atomic mass is 9.79. The fourth-order valence-corrected chi connectivity index (χ4v) is 2.69. The maximum atomic E-state index is 12.6. The maximum Gasteiger partial charge on any atom is 0.228 e. The normalized spacial score (nSPS) is 18.1. The molecule has 3 nitrogen and oxygen atoms in total. The number of carbonyl (C=O) groups excluding carboxylic acids is 1. The molecule has 104 valence electrons. The van der Waals surface area contributed by atoms with Gasteiger partial charge in [-0.3, -0.25) is 4.79 Å². The van der Waals surface area contributed by atoms with E-state index in [1.807, 2.05) is 11.9 Å². The van der Waals surface area contributed by atoms with E-state index in [2.05, 4.69) is 43.4 Å². The van der Waals surface area contributed by atoms with Crippen LogP contribution in [0.2, 0.25) is 0 Å². The van der Waals surface area contributed by atoms with E-state index in [1.165, 1.54) is 11.1 Å². The van der Waals surface area contributed by atoms with Gasteiger partial charge in [-0.25, -0.2) is 0 Å². The number of nitrogens with zero attached hydrogens (tertiary/aromatic N) is 1. The van der Waals surface area contributed by atoms with Crippen LogP contribution in [0.15, 0.2) is 24.3 Å². The van der Waals surface area contributed by atoms with Gasteiger partial charge in [0.1, 0.15) is 0 Å². The first kappa shape index (κ1) is 14.1. The summed E-state index contributed by atoms with van der Waals surface area (Å²) < 4.78 is 0. The Morgan fingerprint density at radius 1 is 1.26 bits per heavy atom. The lowest BCUT2D eigenvalue weighted by molar-refractivity contribution is -0.141. The van der Waals surface area contributed by atoms with Crippen molar-refractivity contribution in [2.45, 2.75) is 33.2 Å². The van der Waals surface area contributed by atoms with Gasteiger partial charge in [-0.15, -0.1) is 0 Å². The minimum absolute atomic E-state index is 0.190. The molecule has 19 heavy (non-hydrogen) atoms. The van der Waals surface area contributed by atoms with E-state index in [9.17, 15) is 4.79 Å². The molecule has 0 spiro atoms. The predicted octanol–water partition coefficient (Wildman–Crippen LogP) is 2.34. The summed E-state index contributed by atoms with van der Waals surface area (Å²) in [5, 5.41) is 3.32. The summed E-state index contributed by atoms with van der Waals surface area (Å²) in [5.74, 6) is 0.273. The molecule has 0 aromatic heterocycles. The van der Waals surface area contributed by atoms with E-state index in [4.69, 9.17) is 0 Å². The van der Waals surface area contributed by atoms with Crippen molar-refractivity contribution in [3.8, 4) is 0 Å². The third-order valence-electron chi connectivity index (χ3n) is 4.11. The smallest absolute Gasteiger partial charge is 0.228 e. The van der Waals surface area contributed by atoms with Gasteiger partial charge in [0, 0.05) is 19.0 Å². The summed E-state index contributed by atoms with van der Waals surface area (Å²) in [6.07, 6.45) is 1.87. The van der Waals surface area contributed by atoms with Crippen LogP contribution in [0.4, 0.5) is 0 Å². The molecule has 0 saturated carbocycles. The number of aryl methyl sites for hydroxylation is 1. The Hall–Kier alpha value is -1.35. The summed E-state index contributed by atoms with van der Waals surface area (Å²) in [5.41, 5.74) is 2.26. The third-order valence-corrected chi connectivity index (χ3v) is 4.11. The first-order valence-electron chi connectivity index (χ1n) is 7.03. The highest BCUT2D eigenvalue weighted by Gasteiger charge is 2.36. The Balaban J connectivity index is 2.00. The van der Waals surface area contributed by atoms with Crippen LogP contribution in [0.3, 0.4) is 0 Å². The molecular formula is C16H24N2O. The Bertz CT molecular complexity index is 433. The molecule has 1 fully saturated rings. The van der Waals surface area contributed by atoms with Crippen molar-refractivity contribution < 1.29 is 4.79 Å². The Morgan fingerprint density at radius 2 is 1.84 bits per heavy atom. The van der Waals surface area contributed by atoms with Crippen molar-refractivity contribution in [1.82, 2.24) is 10.2 Å². The summed E-state index contributed by atoms with van der Waals surface area (Å²) in [6.45, 7) is 6.76. The number of hydrogen-bond acceptors (Lipinski definition) is 2. The number of carbonyl (C=O) groups is 1. The van der Waals surface area contributed by atoms with E-state index >= 15 is 0 Å². The molecule has 1 aromatic rings. The summed E-state index contributed by atoms with van der Waals surface area (Å²) >= 11 is 0. The highest BCUT2D eigenvalue weighted by molar-refractivity contribution is 5.82. The fraction of sp³-hybridized carbons (Fsp3) is 0.562. The molecule has 0 bridgehead atoms. The summed E-state index contributed by atoms with van der Waals surface area (Å²) in [7, 11) is 1.91. The Labute approximate surface area is 116 Å². The number of nitrogens with one attached hydrogen (secondary N) is 1. The first-order valence-corrected chi connectivity index (χ1v) is 7.03. The molecular weight excluding hydrogens is 236 g/mol. The van der Waals surface area contributed by atoms with Crippen LogP contribution in [0, 0.1) is 12.3 Å². The SMILES string of the molecule is Cc1ccc(CN(C)C(=O)C2(C)CCNCC2)cc1. The van der Waals surface area contributed by atoms with Gasteiger partial charge < -0.3 is 10.2 Å². The van der Waals surface area contributed by atoms with Gasteiger partial charge in [-0.05, 0) is 38.4 Å². The lowest BCUT2D eigenvalue weighted by Crippen LogP contribution is -2.46. The summed E-state index contributed by atoms with van der Waals surface area (Å²) in [4.78, 5) is 14.5. The molecule has 0 unspecified atom stereocenters. The van der Waals surface area contributed by atoms with Crippen LogP contribution in [-0.2, 0) is 11.3 Å². The average Bonchev–Trinajstić information content (AvgIpc) is 2.41. The molecule has 1 amide bonds. The van der Waals surface area contributed by atoms with Gasteiger partial charge in [0.2, 0.25) is 5.91 Å². The molecule has 1 aliphatic heterocycles. The van der Waals surface area contributed by atoms with E-state index in [0.717, 1.165) is 25.9 Å². The zero-order valence-corrected chi connectivity index (χ0v) is 12.2. The van der Waals surface area contributed by atoms with Crippen LogP contribution in [0.25, 0.3) is 0 Å². The number of amides is 1. The minimum Gasteiger partial charge on any atom is -0.341 e. The van der Waals surface area contributed by atoms with E-state index in [1.54, 1.807) is 0 Å². The van der Waals surface area contributed by atoms with Crippen molar-refractivity contribution in [3.63, 3.8) is 0 Å². The fourth-order valence-electron chi connectivity index (χ4n) is 2.69. The van der Waals surface area contributed by atoms with Gasteiger partial charge >= 0.3 is 0 Å². The monoisotopic (exact) mass is 260 g/mol. The topological polar surface area (TPSA) is 32.3 Å². The molecule has 1 aliphatic rings. The second-order valence-electron chi connectivity index (χ2n) is 5.96. The number of piperidine rings is 1. The molecule has 1 saturated heterocycles. The van der Waals surface area contributed by atoms with Gasteiger partial charge in [-0.2, -0.15) is 0 Å². The number of rotatable bonds is 3. The van der Waals surface area contributed by atoms with Crippen molar-refractivity contribution in [2.24, 2.45) is 5.41 Å². The largest absolute Gasteiger partial charge is 0.341 e. The quantitative estimate of drug-likeness (QED) is 0.904. The van der Waals surface area contributed by atoms with Gasteiger partial charge in [0.25, 0.3) is 0 Å². The molecule has 0 atom stereocenters. The zero-order valence-electron chi connectivity index (χ0n) is 12.2. The number of hydrogen-bond donors (Lipinski definition) is 1. The lowest BCUT2D eigenvalue weighted by Gasteiger charge is -2.36. The molecule has 1 aromatic carbocycles. The van der Waals surface area contributed by atoms with Gasteiger partial charge in [0.05, 0.1) is 0 Å². The Kier molecular flexibility index (Phi) is 4.25. The molecule has 1 heterocycles. The van der Waals surface area contributed by atoms with Crippen molar-refractivity contribution >= 4 is 5.91 Å². The second-order valence-corrected chi connectivity index (χ2v) is 5.96. The number of benzene rings is 1. The van der Waals surface area contributed by atoms with Crippen LogP contribution >= 0.6 is 0 Å². The van der Waals surface area contributed by atoms with E-state index in [-0.39, 0.29) is 11.3 Å². The molecule has 0 aliphatic carbocycles. The second kappa shape index (κ2) is 5.74. The minimum atomic E-state index is -0.190. The van der Waals surface area contributed by atoms with E-state index < -0.39 is 0 Å².